The third-order valence-corrected chi connectivity index (χ3v) is 8.17. The molecular weight excluding hydrogens is 484 g/mol. The van der Waals surface area contributed by atoms with Crippen molar-refractivity contribution in [2.24, 2.45) is 0 Å². The van der Waals surface area contributed by atoms with Gasteiger partial charge in [-0.05, 0) is 50.5 Å². The molecule has 2 N–H and O–H groups in total. The van der Waals surface area contributed by atoms with E-state index in [1.807, 2.05) is 6.92 Å². The van der Waals surface area contributed by atoms with E-state index in [0.717, 1.165) is 24.8 Å². The Kier molecular flexibility index (Phi) is 9.66. The summed E-state index contributed by atoms with van der Waals surface area (Å²) in [6.45, 7) is 8.53. The number of piperazine rings is 1. The highest BCUT2D eigenvalue weighted by molar-refractivity contribution is 7.89. The fraction of sp³-hybridized carbons (Fsp3) is 0.520. The molecule has 1 amide bonds. The van der Waals surface area contributed by atoms with Gasteiger partial charge in [0.25, 0.3) is 5.91 Å². The molecule has 0 atom stereocenters. The normalized spacial score (nSPS) is 15.1. The molecule has 11 heteroatoms. The van der Waals surface area contributed by atoms with Crippen LogP contribution in [0.25, 0.3) is 0 Å². The highest BCUT2D eigenvalue weighted by Gasteiger charge is 2.30. The Morgan fingerprint density at radius 2 is 1.92 bits per heavy atom. The summed E-state index contributed by atoms with van der Waals surface area (Å²) in [6.07, 6.45) is 4.50. The second kappa shape index (κ2) is 12.5. The van der Waals surface area contributed by atoms with E-state index in [-0.39, 0.29) is 22.8 Å². The zero-order valence-corrected chi connectivity index (χ0v) is 22.0. The zero-order chi connectivity index (χ0) is 26.3. The average molecular weight is 521 g/mol. The molecule has 36 heavy (non-hydrogen) atoms. The van der Waals surface area contributed by atoms with Gasteiger partial charge in [0.1, 0.15) is 5.75 Å². The van der Waals surface area contributed by atoms with Crippen LogP contribution in [-0.2, 0) is 16.4 Å². The first kappa shape index (κ1) is 27.9. The minimum atomic E-state index is -3.82. The Morgan fingerprint density at radius 3 is 2.53 bits per heavy atom. The van der Waals surface area contributed by atoms with Gasteiger partial charge >= 0.3 is 0 Å². The molecule has 0 aliphatic carbocycles. The molecule has 1 aromatic carbocycles. The molecule has 0 spiro atoms. The van der Waals surface area contributed by atoms with Crippen LogP contribution < -0.4 is 10.2 Å². The number of carbonyl (C=O) groups excluding carboxylic acids is 2. The van der Waals surface area contributed by atoms with Crippen LogP contribution in [0.5, 0.6) is 5.75 Å². The maximum Gasteiger partial charge on any atom is 0.273 e. The van der Waals surface area contributed by atoms with Crippen LogP contribution in [0.2, 0.25) is 0 Å². The van der Waals surface area contributed by atoms with E-state index >= 15 is 0 Å². The molecule has 1 aromatic heterocycles. The van der Waals surface area contributed by atoms with E-state index in [4.69, 9.17) is 9.84 Å². The standard InChI is InChI=1S/C25H36N4O6S/c1-4-7-23-22(18-31)19(3)17-29(23)26-25(32)21-16-20(8-9-24(21)35-5-2)36(33,34)28-13-11-27(12-14-28)10-6-15-30/h8-9,16-18,30H,4-7,10-15H2,1-3H3,(H,26,32). The van der Waals surface area contributed by atoms with Gasteiger partial charge < -0.3 is 14.7 Å². The van der Waals surface area contributed by atoms with E-state index in [9.17, 15) is 18.0 Å². The smallest absolute Gasteiger partial charge is 0.273 e. The number of aromatic nitrogens is 1. The summed E-state index contributed by atoms with van der Waals surface area (Å²) >= 11 is 0. The molecule has 10 nitrogen and oxygen atoms in total. The molecule has 0 unspecified atom stereocenters. The Balaban J connectivity index is 1.88. The van der Waals surface area contributed by atoms with Crippen LogP contribution in [-0.4, -0.2) is 85.5 Å². The molecule has 3 rings (SSSR count). The predicted molar refractivity (Wildman–Crippen MR) is 137 cm³/mol. The Hall–Kier alpha value is -2.73. The van der Waals surface area contributed by atoms with Gasteiger partial charge in [-0.15, -0.1) is 0 Å². The molecule has 0 radical (unpaired) electrons. The average Bonchev–Trinajstić information content (AvgIpc) is 3.16. The fourth-order valence-corrected chi connectivity index (χ4v) is 5.83. The van der Waals surface area contributed by atoms with Crippen LogP contribution in [0.15, 0.2) is 29.3 Å². The van der Waals surface area contributed by atoms with Gasteiger partial charge in [0.05, 0.1) is 22.8 Å². The molecular formula is C25H36N4O6S. The Morgan fingerprint density at radius 1 is 1.19 bits per heavy atom. The number of aliphatic hydroxyl groups is 1. The van der Waals surface area contributed by atoms with Gasteiger partial charge in [0, 0.05) is 51.1 Å². The zero-order valence-electron chi connectivity index (χ0n) is 21.2. The van der Waals surface area contributed by atoms with Crippen molar-refractivity contribution in [2.45, 2.75) is 44.9 Å². The SMILES string of the molecule is CCCc1c(C=O)c(C)cn1NC(=O)c1cc(S(=O)(=O)N2CCN(CCCO)CC2)ccc1OCC. The monoisotopic (exact) mass is 520 g/mol. The number of carbonyl (C=O) groups is 2. The molecule has 1 aliphatic heterocycles. The Bertz CT molecular complexity index is 1170. The first-order chi connectivity index (χ1) is 17.3. The molecule has 1 fully saturated rings. The van der Waals surface area contributed by atoms with Crippen LogP contribution >= 0.6 is 0 Å². The first-order valence-electron chi connectivity index (χ1n) is 12.3. The maximum atomic E-state index is 13.4. The molecule has 1 saturated heterocycles. The molecule has 198 valence electrons. The van der Waals surface area contributed by atoms with E-state index in [1.165, 1.54) is 27.2 Å². The van der Waals surface area contributed by atoms with Crippen molar-refractivity contribution in [1.29, 1.82) is 0 Å². The van der Waals surface area contributed by atoms with Gasteiger partial charge in [-0.25, -0.2) is 8.42 Å². The van der Waals surface area contributed by atoms with Crippen molar-refractivity contribution in [2.75, 3.05) is 51.4 Å². The summed E-state index contributed by atoms with van der Waals surface area (Å²) in [5.74, 6) is -0.256. The highest BCUT2D eigenvalue weighted by Crippen LogP contribution is 2.26. The minimum absolute atomic E-state index is 0.0194. The van der Waals surface area contributed by atoms with Gasteiger partial charge in [-0.1, -0.05) is 13.3 Å². The summed E-state index contributed by atoms with van der Waals surface area (Å²) in [7, 11) is -3.82. The molecule has 1 aliphatic rings. The number of benzene rings is 1. The number of sulfonamides is 1. The fourth-order valence-electron chi connectivity index (χ4n) is 4.39. The summed E-state index contributed by atoms with van der Waals surface area (Å²) < 4.78 is 35.4. The van der Waals surface area contributed by atoms with Crippen LogP contribution in [0.3, 0.4) is 0 Å². The van der Waals surface area contributed by atoms with Crippen molar-refractivity contribution in [3.05, 3.63) is 46.8 Å². The second-order valence-electron chi connectivity index (χ2n) is 8.77. The topological polar surface area (TPSA) is 121 Å². The van der Waals surface area contributed by atoms with Crippen LogP contribution in [0.1, 0.15) is 58.7 Å². The number of rotatable bonds is 12. The predicted octanol–water partition coefficient (Wildman–Crippen LogP) is 2.03. The Labute approximate surface area is 212 Å². The number of hydrogen-bond acceptors (Lipinski definition) is 7. The lowest BCUT2D eigenvalue weighted by Crippen LogP contribution is -2.48. The van der Waals surface area contributed by atoms with Crippen molar-refractivity contribution < 1.29 is 27.9 Å². The van der Waals surface area contributed by atoms with Gasteiger partial charge in [0.15, 0.2) is 6.29 Å². The number of nitrogens with one attached hydrogen (secondary N) is 1. The number of ether oxygens (including phenoxy) is 1. The van der Waals surface area contributed by atoms with E-state index < -0.39 is 15.9 Å². The van der Waals surface area contributed by atoms with Gasteiger partial charge in [-0.2, -0.15) is 4.31 Å². The first-order valence-corrected chi connectivity index (χ1v) is 13.8. The van der Waals surface area contributed by atoms with E-state index in [2.05, 4.69) is 10.3 Å². The number of hydrogen-bond donors (Lipinski definition) is 2. The third kappa shape index (κ3) is 6.15. The van der Waals surface area contributed by atoms with E-state index in [1.54, 1.807) is 20.0 Å². The lowest BCUT2D eigenvalue weighted by molar-refractivity contribution is 0.100. The summed E-state index contributed by atoms with van der Waals surface area (Å²) in [5, 5.41) is 9.03. The quantitative estimate of drug-likeness (QED) is 0.411. The molecule has 2 heterocycles. The highest BCUT2D eigenvalue weighted by atomic mass is 32.2. The number of nitrogens with zero attached hydrogens (tertiary/aromatic N) is 3. The summed E-state index contributed by atoms with van der Waals surface area (Å²) in [5.41, 5.74) is 4.87. The largest absolute Gasteiger partial charge is 0.493 e. The van der Waals surface area contributed by atoms with Crippen LogP contribution in [0, 0.1) is 6.92 Å². The number of amides is 1. The third-order valence-electron chi connectivity index (χ3n) is 6.27. The van der Waals surface area contributed by atoms with Crippen molar-refractivity contribution >= 4 is 22.2 Å². The maximum absolute atomic E-state index is 13.4. The molecule has 0 saturated carbocycles. The minimum Gasteiger partial charge on any atom is -0.493 e. The molecule has 0 bridgehead atoms. The lowest BCUT2D eigenvalue weighted by atomic mass is 10.1. The van der Waals surface area contributed by atoms with Gasteiger partial charge in [-0.3, -0.25) is 19.7 Å². The lowest BCUT2D eigenvalue weighted by Gasteiger charge is -2.33. The summed E-state index contributed by atoms with van der Waals surface area (Å²) in [4.78, 5) is 27.1. The number of aliphatic hydroxyl groups excluding tert-OH is 1. The van der Waals surface area contributed by atoms with E-state index in [0.29, 0.717) is 56.9 Å². The van der Waals surface area contributed by atoms with Crippen molar-refractivity contribution in [3.8, 4) is 5.75 Å². The van der Waals surface area contributed by atoms with Crippen molar-refractivity contribution in [1.82, 2.24) is 13.9 Å². The summed E-state index contributed by atoms with van der Waals surface area (Å²) in [6, 6.07) is 4.32. The van der Waals surface area contributed by atoms with Crippen LogP contribution in [0.4, 0.5) is 0 Å². The second-order valence-corrected chi connectivity index (χ2v) is 10.7. The van der Waals surface area contributed by atoms with Gasteiger partial charge in [0.2, 0.25) is 10.0 Å². The van der Waals surface area contributed by atoms with Crippen molar-refractivity contribution in [3.63, 3.8) is 0 Å². The number of aryl methyl sites for hydroxylation is 1. The molecule has 2 aromatic rings. The number of aldehydes is 1.